The smallest absolute Gasteiger partial charge is 0.0195 e. The van der Waals surface area contributed by atoms with E-state index in [0.29, 0.717) is 0 Å². The molecule has 2 aliphatic rings. The number of hydrogen-bond donors (Lipinski definition) is 1. The second-order valence-corrected chi connectivity index (χ2v) is 5.74. The van der Waals surface area contributed by atoms with Gasteiger partial charge < -0.3 is 15.1 Å². The highest BCUT2D eigenvalue weighted by atomic mass is 15.2. The Labute approximate surface area is 100 Å². The maximum atomic E-state index is 3.59. The number of nitrogens with zero attached hydrogens (tertiary/aromatic N) is 2. The fourth-order valence-corrected chi connectivity index (χ4v) is 3.07. The highest BCUT2D eigenvalue weighted by molar-refractivity contribution is 4.85. The minimum Gasteiger partial charge on any atom is -0.313 e. The van der Waals surface area contributed by atoms with Crippen molar-refractivity contribution in [1.29, 1.82) is 0 Å². The van der Waals surface area contributed by atoms with Gasteiger partial charge in [0.2, 0.25) is 0 Å². The van der Waals surface area contributed by atoms with Gasteiger partial charge in [0.05, 0.1) is 0 Å². The first kappa shape index (κ1) is 12.3. The van der Waals surface area contributed by atoms with Crippen LogP contribution in [0.25, 0.3) is 0 Å². The zero-order valence-electron chi connectivity index (χ0n) is 11.1. The van der Waals surface area contributed by atoms with Gasteiger partial charge in [0, 0.05) is 24.7 Å². The second-order valence-electron chi connectivity index (χ2n) is 5.74. The highest BCUT2D eigenvalue weighted by Crippen LogP contribution is 2.20. The Hall–Kier alpha value is -0.120. The molecule has 94 valence electrons. The lowest BCUT2D eigenvalue weighted by Gasteiger charge is -2.40. The molecule has 0 bridgehead atoms. The third-order valence-corrected chi connectivity index (χ3v) is 4.47. The van der Waals surface area contributed by atoms with Gasteiger partial charge in [0.1, 0.15) is 0 Å². The van der Waals surface area contributed by atoms with Crippen LogP contribution in [0.5, 0.6) is 0 Å². The Morgan fingerprint density at radius 3 is 2.81 bits per heavy atom. The quantitative estimate of drug-likeness (QED) is 0.777. The lowest BCUT2D eigenvalue weighted by atomic mass is 9.97. The maximum Gasteiger partial charge on any atom is 0.0195 e. The van der Waals surface area contributed by atoms with Crippen molar-refractivity contribution in [3.63, 3.8) is 0 Å². The molecule has 2 aliphatic heterocycles. The standard InChI is InChI=1S/C13H27N3/c1-11-9-13(6-8-15(11)2)16(3)10-12-5-4-7-14-12/h11-14H,4-10H2,1-3H3. The van der Waals surface area contributed by atoms with Crippen molar-refractivity contribution in [2.45, 2.75) is 50.7 Å². The van der Waals surface area contributed by atoms with E-state index in [1.807, 2.05) is 0 Å². The molecule has 1 N–H and O–H groups in total. The van der Waals surface area contributed by atoms with Crippen LogP contribution in [0.15, 0.2) is 0 Å². The van der Waals surface area contributed by atoms with E-state index in [0.717, 1.165) is 18.1 Å². The Bertz CT molecular complexity index is 213. The predicted molar refractivity (Wildman–Crippen MR) is 68.8 cm³/mol. The zero-order chi connectivity index (χ0) is 11.5. The lowest BCUT2D eigenvalue weighted by Crippen LogP contribution is -2.48. The number of nitrogens with one attached hydrogen (secondary N) is 1. The minimum absolute atomic E-state index is 0.748. The first-order valence-corrected chi connectivity index (χ1v) is 6.80. The van der Waals surface area contributed by atoms with Crippen LogP contribution in [0.3, 0.4) is 0 Å². The summed E-state index contributed by atoms with van der Waals surface area (Å²) in [4.78, 5) is 5.07. The second kappa shape index (κ2) is 5.48. The topological polar surface area (TPSA) is 18.5 Å². The summed E-state index contributed by atoms with van der Waals surface area (Å²) in [6, 6.07) is 2.30. The molecule has 0 aromatic heterocycles. The summed E-state index contributed by atoms with van der Waals surface area (Å²) in [6.07, 6.45) is 5.40. The molecule has 3 nitrogen and oxygen atoms in total. The summed E-state index contributed by atoms with van der Waals surface area (Å²) < 4.78 is 0. The molecule has 2 saturated heterocycles. The molecule has 0 aliphatic carbocycles. The maximum absolute atomic E-state index is 3.59. The van der Waals surface area contributed by atoms with Gasteiger partial charge in [0.25, 0.3) is 0 Å². The van der Waals surface area contributed by atoms with Crippen LogP contribution >= 0.6 is 0 Å². The Morgan fingerprint density at radius 2 is 2.19 bits per heavy atom. The van der Waals surface area contributed by atoms with E-state index in [-0.39, 0.29) is 0 Å². The highest BCUT2D eigenvalue weighted by Gasteiger charge is 2.27. The van der Waals surface area contributed by atoms with Crippen LogP contribution < -0.4 is 5.32 Å². The monoisotopic (exact) mass is 225 g/mol. The van der Waals surface area contributed by atoms with Crippen LogP contribution in [-0.2, 0) is 0 Å². The predicted octanol–water partition coefficient (Wildman–Crippen LogP) is 1.15. The molecule has 0 aromatic carbocycles. The largest absolute Gasteiger partial charge is 0.313 e. The van der Waals surface area contributed by atoms with Gasteiger partial charge in [-0.05, 0) is 59.8 Å². The molecule has 0 saturated carbocycles. The van der Waals surface area contributed by atoms with Crippen molar-refractivity contribution < 1.29 is 0 Å². The molecule has 3 heteroatoms. The van der Waals surface area contributed by atoms with E-state index in [4.69, 9.17) is 0 Å². The van der Waals surface area contributed by atoms with Gasteiger partial charge in [0.15, 0.2) is 0 Å². The van der Waals surface area contributed by atoms with Crippen molar-refractivity contribution >= 4 is 0 Å². The normalized spacial score (nSPS) is 37.1. The lowest BCUT2D eigenvalue weighted by molar-refractivity contribution is 0.0997. The fourth-order valence-electron chi connectivity index (χ4n) is 3.07. The molecular formula is C13H27N3. The van der Waals surface area contributed by atoms with Crippen LogP contribution in [-0.4, -0.2) is 61.7 Å². The first-order chi connectivity index (χ1) is 7.66. The summed E-state index contributed by atoms with van der Waals surface area (Å²) in [6.45, 7) is 6.07. The molecule has 0 aromatic rings. The Balaban J connectivity index is 1.78. The number of hydrogen-bond acceptors (Lipinski definition) is 3. The van der Waals surface area contributed by atoms with E-state index in [9.17, 15) is 0 Å². The van der Waals surface area contributed by atoms with E-state index >= 15 is 0 Å². The van der Waals surface area contributed by atoms with Gasteiger partial charge in [-0.25, -0.2) is 0 Å². The van der Waals surface area contributed by atoms with Crippen molar-refractivity contribution in [2.24, 2.45) is 0 Å². The molecule has 2 fully saturated rings. The molecule has 2 heterocycles. The van der Waals surface area contributed by atoms with Gasteiger partial charge in [-0.1, -0.05) is 0 Å². The third-order valence-electron chi connectivity index (χ3n) is 4.47. The minimum atomic E-state index is 0.748. The molecule has 3 atom stereocenters. The molecule has 3 unspecified atom stereocenters. The summed E-state index contributed by atoms with van der Waals surface area (Å²) in [5.41, 5.74) is 0. The first-order valence-electron chi connectivity index (χ1n) is 6.80. The Kier molecular flexibility index (Phi) is 4.22. The van der Waals surface area contributed by atoms with E-state index in [1.165, 1.54) is 45.3 Å². The SMILES string of the molecule is CC1CC(N(C)CC2CCCN2)CCN1C. The molecule has 0 spiro atoms. The van der Waals surface area contributed by atoms with E-state index in [2.05, 4.69) is 36.1 Å². The number of likely N-dealkylation sites (tertiary alicyclic amines) is 1. The molecular weight excluding hydrogens is 198 g/mol. The molecule has 0 amide bonds. The average Bonchev–Trinajstić information content (AvgIpc) is 2.74. The zero-order valence-corrected chi connectivity index (χ0v) is 11.1. The summed E-state index contributed by atoms with van der Waals surface area (Å²) >= 11 is 0. The summed E-state index contributed by atoms with van der Waals surface area (Å²) in [5, 5.41) is 3.59. The van der Waals surface area contributed by atoms with Crippen LogP contribution in [0, 0.1) is 0 Å². The fraction of sp³-hybridized carbons (Fsp3) is 1.00. The van der Waals surface area contributed by atoms with Crippen LogP contribution in [0.2, 0.25) is 0 Å². The van der Waals surface area contributed by atoms with Crippen LogP contribution in [0.1, 0.15) is 32.6 Å². The number of likely N-dealkylation sites (N-methyl/N-ethyl adjacent to an activating group) is 1. The molecule has 0 radical (unpaired) electrons. The van der Waals surface area contributed by atoms with Gasteiger partial charge >= 0.3 is 0 Å². The van der Waals surface area contributed by atoms with Crippen molar-refractivity contribution in [3.8, 4) is 0 Å². The summed E-state index contributed by atoms with van der Waals surface area (Å²) in [5.74, 6) is 0. The van der Waals surface area contributed by atoms with E-state index < -0.39 is 0 Å². The number of rotatable bonds is 3. The molecule has 16 heavy (non-hydrogen) atoms. The average molecular weight is 225 g/mol. The van der Waals surface area contributed by atoms with Crippen molar-refractivity contribution in [2.75, 3.05) is 33.7 Å². The Morgan fingerprint density at radius 1 is 1.38 bits per heavy atom. The van der Waals surface area contributed by atoms with Gasteiger partial charge in [-0.15, -0.1) is 0 Å². The van der Waals surface area contributed by atoms with Gasteiger partial charge in [-0.2, -0.15) is 0 Å². The molecule has 2 rings (SSSR count). The van der Waals surface area contributed by atoms with Gasteiger partial charge in [-0.3, -0.25) is 0 Å². The van der Waals surface area contributed by atoms with Crippen molar-refractivity contribution in [1.82, 2.24) is 15.1 Å². The number of piperidine rings is 1. The van der Waals surface area contributed by atoms with E-state index in [1.54, 1.807) is 0 Å². The summed E-state index contributed by atoms with van der Waals surface area (Å²) in [7, 11) is 4.56. The van der Waals surface area contributed by atoms with Crippen molar-refractivity contribution in [3.05, 3.63) is 0 Å². The van der Waals surface area contributed by atoms with Crippen LogP contribution in [0.4, 0.5) is 0 Å². The third kappa shape index (κ3) is 2.96.